The Morgan fingerprint density at radius 2 is 1.85 bits per heavy atom. The highest BCUT2D eigenvalue weighted by Gasteiger charge is 2.13. The molecule has 4 nitrogen and oxygen atoms in total. The van der Waals surface area contributed by atoms with Gasteiger partial charge in [-0.25, -0.2) is 4.98 Å². The van der Waals surface area contributed by atoms with Crippen molar-refractivity contribution in [2.75, 3.05) is 7.11 Å². The van der Waals surface area contributed by atoms with E-state index in [0.29, 0.717) is 18.2 Å². The fourth-order valence-corrected chi connectivity index (χ4v) is 2.64. The molecule has 2 aromatic rings. The van der Waals surface area contributed by atoms with E-state index in [1.165, 1.54) is 0 Å². The van der Waals surface area contributed by atoms with Crippen LogP contribution < -0.4 is 15.2 Å². The van der Waals surface area contributed by atoms with E-state index in [-0.39, 0.29) is 0 Å². The Morgan fingerprint density at radius 3 is 2.50 bits per heavy atom. The lowest BCUT2D eigenvalue weighted by molar-refractivity contribution is 0.408. The summed E-state index contributed by atoms with van der Waals surface area (Å²) in [5.41, 5.74) is 7.71. The van der Waals surface area contributed by atoms with Crippen LogP contribution in [0, 0.1) is 6.92 Å². The summed E-state index contributed by atoms with van der Waals surface area (Å²) in [6.45, 7) is 2.36. The van der Waals surface area contributed by atoms with Gasteiger partial charge in [-0.05, 0) is 62.5 Å². The maximum Gasteiger partial charge on any atom is 0.224 e. The topological polar surface area (TPSA) is 57.4 Å². The molecule has 2 rings (SSSR count). The highest BCUT2D eigenvalue weighted by atomic mass is 79.9. The molecule has 20 heavy (non-hydrogen) atoms. The van der Waals surface area contributed by atoms with Gasteiger partial charge in [0.25, 0.3) is 0 Å². The Balaban J connectivity index is 2.40. The minimum Gasteiger partial charge on any atom is -0.496 e. The summed E-state index contributed by atoms with van der Waals surface area (Å²) >= 11 is 6.89. The van der Waals surface area contributed by atoms with Crippen LogP contribution in [0.25, 0.3) is 0 Å². The molecule has 0 saturated heterocycles. The van der Waals surface area contributed by atoms with Crippen molar-refractivity contribution in [3.63, 3.8) is 0 Å². The fourth-order valence-electron chi connectivity index (χ4n) is 1.75. The van der Waals surface area contributed by atoms with Crippen LogP contribution in [0.3, 0.4) is 0 Å². The summed E-state index contributed by atoms with van der Waals surface area (Å²) in [5.74, 6) is 1.89. The molecule has 0 bridgehead atoms. The van der Waals surface area contributed by atoms with Crippen molar-refractivity contribution in [3.8, 4) is 17.4 Å². The molecule has 0 atom stereocenters. The first-order valence-corrected chi connectivity index (χ1v) is 7.50. The van der Waals surface area contributed by atoms with E-state index in [1.807, 2.05) is 25.1 Å². The van der Waals surface area contributed by atoms with E-state index < -0.39 is 0 Å². The molecular formula is C14H14Br2N2O2. The summed E-state index contributed by atoms with van der Waals surface area (Å²) < 4.78 is 12.7. The number of pyridine rings is 1. The molecule has 0 aliphatic heterocycles. The number of nitrogens with two attached hydrogens (primary N) is 1. The normalized spacial score (nSPS) is 10.4. The molecule has 0 amide bonds. The number of ether oxygens (including phenoxy) is 2. The molecule has 0 unspecified atom stereocenters. The van der Waals surface area contributed by atoms with Gasteiger partial charge in [0.05, 0.1) is 16.1 Å². The smallest absolute Gasteiger partial charge is 0.224 e. The Morgan fingerprint density at radius 1 is 1.20 bits per heavy atom. The van der Waals surface area contributed by atoms with Gasteiger partial charge in [0.2, 0.25) is 5.88 Å². The van der Waals surface area contributed by atoms with Gasteiger partial charge < -0.3 is 15.2 Å². The third-order valence-electron chi connectivity index (χ3n) is 2.87. The van der Waals surface area contributed by atoms with Crippen molar-refractivity contribution in [3.05, 3.63) is 44.5 Å². The number of benzene rings is 1. The van der Waals surface area contributed by atoms with E-state index in [0.717, 1.165) is 25.8 Å². The first kappa shape index (κ1) is 15.3. The van der Waals surface area contributed by atoms with Crippen LogP contribution in [-0.4, -0.2) is 12.1 Å². The van der Waals surface area contributed by atoms with Gasteiger partial charge in [0.1, 0.15) is 11.5 Å². The van der Waals surface area contributed by atoms with Gasteiger partial charge in [-0.15, -0.1) is 0 Å². The Bertz CT molecular complexity index is 633. The lowest BCUT2D eigenvalue weighted by Gasteiger charge is -2.13. The van der Waals surface area contributed by atoms with Crippen molar-refractivity contribution in [2.24, 2.45) is 5.73 Å². The molecular weight excluding hydrogens is 388 g/mol. The van der Waals surface area contributed by atoms with Gasteiger partial charge in [-0.3, -0.25) is 0 Å². The molecule has 2 N–H and O–H groups in total. The summed E-state index contributed by atoms with van der Waals surface area (Å²) in [6, 6.07) is 5.57. The minimum absolute atomic E-state index is 0.379. The van der Waals surface area contributed by atoms with Crippen LogP contribution in [-0.2, 0) is 6.54 Å². The van der Waals surface area contributed by atoms with Crippen LogP contribution in [0.15, 0.2) is 33.3 Å². The van der Waals surface area contributed by atoms with Crippen LogP contribution in [0.5, 0.6) is 17.4 Å². The molecule has 0 spiro atoms. The highest BCUT2D eigenvalue weighted by Crippen LogP contribution is 2.38. The van der Waals surface area contributed by atoms with Crippen molar-refractivity contribution in [2.45, 2.75) is 13.5 Å². The average molecular weight is 402 g/mol. The number of hydrogen-bond acceptors (Lipinski definition) is 4. The molecule has 0 fully saturated rings. The lowest BCUT2D eigenvalue weighted by Crippen LogP contribution is -2.04. The minimum atomic E-state index is 0.379. The van der Waals surface area contributed by atoms with Crippen molar-refractivity contribution in [1.82, 2.24) is 4.98 Å². The zero-order chi connectivity index (χ0) is 14.7. The number of methoxy groups -OCH3 is 1. The first-order chi connectivity index (χ1) is 9.56. The van der Waals surface area contributed by atoms with Crippen molar-refractivity contribution < 1.29 is 9.47 Å². The molecule has 6 heteroatoms. The Kier molecular flexibility index (Phi) is 5.01. The second-order valence-corrected chi connectivity index (χ2v) is 5.84. The largest absolute Gasteiger partial charge is 0.496 e. The number of rotatable bonds is 4. The van der Waals surface area contributed by atoms with Crippen LogP contribution in [0.2, 0.25) is 0 Å². The van der Waals surface area contributed by atoms with E-state index in [4.69, 9.17) is 15.2 Å². The summed E-state index contributed by atoms with van der Waals surface area (Å²) in [6.07, 6.45) is 1.70. The van der Waals surface area contributed by atoms with Crippen LogP contribution >= 0.6 is 31.9 Å². The monoisotopic (exact) mass is 400 g/mol. The third kappa shape index (κ3) is 3.13. The zero-order valence-corrected chi connectivity index (χ0v) is 14.3. The molecule has 0 saturated carbocycles. The Labute approximate surface area is 134 Å². The predicted octanol–water partition coefficient (Wildman–Crippen LogP) is 4.17. The lowest BCUT2D eigenvalue weighted by atomic mass is 10.1. The number of aromatic nitrogens is 1. The van der Waals surface area contributed by atoms with Crippen molar-refractivity contribution in [1.29, 1.82) is 0 Å². The Hall–Kier alpha value is -1.11. The van der Waals surface area contributed by atoms with Gasteiger partial charge in [-0.2, -0.15) is 0 Å². The predicted molar refractivity (Wildman–Crippen MR) is 85.3 cm³/mol. The molecule has 0 aliphatic rings. The molecule has 0 radical (unpaired) electrons. The molecule has 0 aliphatic carbocycles. The van der Waals surface area contributed by atoms with Crippen LogP contribution in [0.4, 0.5) is 0 Å². The van der Waals surface area contributed by atoms with Gasteiger partial charge in [0.15, 0.2) is 0 Å². The first-order valence-electron chi connectivity index (χ1n) is 5.92. The van der Waals surface area contributed by atoms with Crippen LogP contribution in [0.1, 0.15) is 11.1 Å². The van der Waals surface area contributed by atoms with E-state index >= 15 is 0 Å². The van der Waals surface area contributed by atoms with Gasteiger partial charge >= 0.3 is 0 Å². The zero-order valence-electron chi connectivity index (χ0n) is 11.1. The fraction of sp³-hybridized carbons (Fsp3) is 0.214. The maximum atomic E-state index is 5.87. The highest BCUT2D eigenvalue weighted by molar-refractivity contribution is 9.11. The quantitative estimate of drug-likeness (QED) is 0.834. The second-order valence-electron chi connectivity index (χ2n) is 4.13. The van der Waals surface area contributed by atoms with E-state index in [1.54, 1.807) is 13.3 Å². The number of nitrogens with zero attached hydrogens (tertiary/aromatic N) is 1. The standard InChI is InChI=1S/C14H14Br2N2O2/c1-8-3-4-18-14(9(8)7-17)20-13-6-10(15)12(19-2)5-11(13)16/h3-6H,7,17H2,1-2H3. The van der Waals surface area contributed by atoms with Gasteiger partial charge in [0, 0.05) is 18.3 Å². The van der Waals surface area contributed by atoms with Gasteiger partial charge in [-0.1, -0.05) is 0 Å². The summed E-state index contributed by atoms with van der Waals surface area (Å²) in [4.78, 5) is 4.25. The van der Waals surface area contributed by atoms with E-state index in [9.17, 15) is 0 Å². The maximum absolute atomic E-state index is 5.87. The third-order valence-corrected chi connectivity index (χ3v) is 4.11. The second kappa shape index (κ2) is 6.56. The summed E-state index contributed by atoms with van der Waals surface area (Å²) in [7, 11) is 1.61. The summed E-state index contributed by atoms with van der Waals surface area (Å²) in [5, 5.41) is 0. The molecule has 1 aromatic carbocycles. The molecule has 106 valence electrons. The van der Waals surface area contributed by atoms with E-state index in [2.05, 4.69) is 36.8 Å². The average Bonchev–Trinajstić information content (AvgIpc) is 2.42. The SMILES string of the molecule is COc1cc(Br)c(Oc2nccc(C)c2CN)cc1Br. The number of halogens is 2. The molecule has 1 heterocycles. The number of hydrogen-bond donors (Lipinski definition) is 1. The molecule has 1 aromatic heterocycles. The number of aryl methyl sites for hydroxylation is 1. The van der Waals surface area contributed by atoms with Crippen molar-refractivity contribution >= 4 is 31.9 Å².